The normalized spacial score (nSPS) is 16.5. The van der Waals surface area contributed by atoms with Crippen molar-refractivity contribution < 1.29 is 13.2 Å². The fourth-order valence-corrected chi connectivity index (χ4v) is 3.92. The first kappa shape index (κ1) is 22.6. The fourth-order valence-electron chi connectivity index (χ4n) is 3.92. The Hall–Kier alpha value is -2.10. The van der Waals surface area contributed by atoms with Crippen LogP contribution in [0.5, 0.6) is 0 Å². The molecule has 2 N–H and O–H groups in total. The van der Waals surface area contributed by atoms with Crippen molar-refractivity contribution in [3.8, 4) is 0 Å². The van der Waals surface area contributed by atoms with Gasteiger partial charge >= 0.3 is 6.18 Å². The monoisotopic (exact) mass is 483 g/mol. The highest BCUT2D eigenvalue weighted by molar-refractivity contribution is 8.93. The molecule has 0 saturated carbocycles. The van der Waals surface area contributed by atoms with Crippen LogP contribution in [0.15, 0.2) is 48.5 Å². The molecule has 9 heteroatoms. The third kappa shape index (κ3) is 4.63. The van der Waals surface area contributed by atoms with Gasteiger partial charge in [0.2, 0.25) is 0 Å². The lowest BCUT2D eigenvalue weighted by atomic mass is 10.1. The lowest BCUT2D eigenvalue weighted by Crippen LogP contribution is -2.48. The van der Waals surface area contributed by atoms with Crippen LogP contribution in [0.25, 0.3) is 11.0 Å². The molecule has 1 aliphatic rings. The molecule has 0 bridgehead atoms. The molecule has 2 heterocycles. The molecule has 1 fully saturated rings. The van der Waals surface area contributed by atoms with E-state index in [-0.39, 0.29) is 23.0 Å². The summed E-state index contributed by atoms with van der Waals surface area (Å²) in [6.07, 6.45) is -4.32. The number of halogens is 4. The molecule has 1 atom stereocenters. The van der Waals surface area contributed by atoms with E-state index in [2.05, 4.69) is 9.88 Å². The Kier molecular flexibility index (Phi) is 6.74. The van der Waals surface area contributed by atoms with E-state index >= 15 is 0 Å². The van der Waals surface area contributed by atoms with Crippen molar-refractivity contribution in [2.45, 2.75) is 12.2 Å². The molecule has 1 aromatic heterocycles. The molecule has 0 amide bonds. The summed E-state index contributed by atoms with van der Waals surface area (Å²) in [7, 11) is 1.97. The summed E-state index contributed by atoms with van der Waals surface area (Å²) in [4.78, 5) is 8.90. The Morgan fingerprint density at radius 3 is 2.40 bits per heavy atom. The molecule has 1 saturated heterocycles. The quantitative estimate of drug-likeness (QED) is 0.609. The van der Waals surface area contributed by atoms with Crippen molar-refractivity contribution >= 4 is 33.7 Å². The second kappa shape index (κ2) is 8.95. The van der Waals surface area contributed by atoms with Crippen LogP contribution in [0.4, 0.5) is 18.9 Å². The van der Waals surface area contributed by atoms with Gasteiger partial charge in [-0.05, 0) is 30.3 Å². The van der Waals surface area contributed by atoms with Gasteiger partial charge in [-0.2, -0.15) is 13.2 Å². The number of piperazine rings is 1. The van der Waals surface area contributed by atoms with Gasteiger partial charge in [0.1, 0.15) is 5.82 Å². The number of nitrogens with zero attached hydrogens (tertiary/aromatic N) is 4. The minimum atomic E-state index is -4.32. The van der Waals surface area contributed by atoms with Gasteiger partial charge < -0.3 is 15.2 Å². The van der Waals surface area contributed by atoms with E-state index in [9.17, 15) is 13.2 Å². The van der Waals surface area contributed by atoms with Crippen molar-refractivity contribution in [3.05, 3.63) is 59.9 Å². The van der Waals surface area contributed by atoms with Crippen molar-refractivity contribution in [1.82, 2.24) is 14.5 Å². The highest BCUT2D eigenvalue weighted by Gasteiger charge is 2.31. The summed E-state index contributed by atoms with van der Waals surface area (Å²) >= 11 is 0. The predicted molar refractivity (Wildman–Crippen MR) is 118 cm³/mol. The van der Waals surface area contributed by atoms with Crippen molar-refractivity contribution in [2.75, 3.05) is 37.6 Å². The molecule has 0 radical (unpaired) electrons. The second-order valence-electron chi connectivity index (χ2n) is 7.46. The van der Waals surface area contributed by atoms with Gasteiger partial charge in [0.05, 0.1) is 22.6 Å². The average molecular weight is 484 g/mol. The first-order chi connectivity index (χ1) is 13.8. The number of aryl methyl sites for hydroxylation is 1. The largest absolute Gasteiger partial charge is 0.416 e. The van der Waals surface area contributed by atoms with Crippen LogP contribution in [-0.4, -0.2) is 47.2 Å². The van der Waals surface area contributed by atoms with E-state index in [0.717, 1.165) is 36.0 Å². The van der Waals surface area contributed by atoms with Crippen molar-refractivity contribution in [3.63, 3.8) is 0 Å². The zero-order valence-corrected chi connectivity index (χ0v) is 18.4. The van der Waals surface area contributed by atoms with E-state index in [0.29, 0.717) is 25.3 Å². The number of imidazole rings is 1. The number of hydrogen-bond acceptors (Lipinski definition) is 4. The first-order valence-corrected chi connectivity index (χ1v) is 9.64. The lowest BCUT2D eigenvalue weighted by Gasteiger charge is -2.37. The summed E-state index contributed by atoms with van der Waals surface area (Å²) in [6, 6.07) is 13.2. The van der Waals surface area contributed by atoms with Gasteiger partial charge in [0.25, 0.3) is 0 Å². The van der Waals surface area contributed by atoms with Crippen LogP contribution in [0.1, 0.15) is 17.4 Å². The van der Waals surface area contributed by atoms with Crippen LogP contribution in [-0.2, 0) is 13.2 Å². The van der Waals surface area contributed by atoms with Crippen LogP contribution < -0.4 is 10.6 Å². The number of benzene rings is 2. The number of anilines is 1. The summed E-state index contributed by atoms with van der Waals surface area (Å²) in [5.41, 5.74) is 8.42. The maximum absolute atomic E-state index is 13.0. The van der Waals surface area contributed by atoms with Crippen LogP contribution >= 0.6 is 17.0 Å². The Bertz CT molecular complexity index is 996. The molecule has 1 unspecified atom stereocenters. The minimum absolute atomic E-state index is 0. The Morgan fingerprint density at radius 2 is 1.73 bits per heavy atom. The number of alkyl halides is 3. The number of hydrogen-bond donors (Lipinski definition) is 1. The van der Waals surface area contributed by atoms with Crippen LogP contribution in [0.2, 0.25) is 0 Å². The zero-order chi connectivity index (χ0) is 20.6. The number of rotatable bonds is 4. The SMILES string of the molecule is Br.Cn1c(C(N)CN2CCN(c3cccc(C(F)(F)F)c3)CC2)nc2ccccc21. The highest BCUT2D eigenvalue weighted by atomic mass is 79.9. The van der Waals surface area contributed by atoms with Gasteiger partial charge in [0.15, 0.2) is 0 Å². The molecule has 5 nitrogen and oxygen atoms in total. The molecule has 162 valence electrons. The van der Waals surface area contributed by atoms with Gasteiger partial charge in [-0.15, -0.1) is 17.0 Å². The molecule has 1 aliphatic heterocycles. The standard InChI is InChI=1S/C21H24F3N5.BrH/c1-27-19-8-3-2-7-18(19)26-20(27)17(25)14-28-9-11-29(12-10-28)16-6-4-5-15(13-16)21(22,23)24;/h2-8,13,17H,9-12,14,25H2,1H3;1H. The van der Waals surface area contributed by atoms with Gasteiger partial charge in [-0.3, -0.25) is 4.90 Å². The molecular formula is C21H25BrF3N5. The molecule has 0 aliphatic carbocycles. The van der Waals surface area contributed by atoms with Crippen LogP contribution in [0, 0.1) is 0 Å². The Morgan fingerprint density at radius 1 is 1.03 bits per heavy atom. The smallest absolute Gasteiger partial charge is 0.369 e. The maximum Gasteiger partial charge on any atom is 0.416 e. The van der Waals surface area contributed by atoms with E-state index in [1.807, 2.05) is 40.8 Å². The third-order valence-corrected chi connectivity index (χ3v) is 5.52. The number of para-hydroxylation sites is 2. The predicted octanol–water partition coefficient (Wildman–Crippen LogP) is 3.99. The zero-order valence-electron chi connectivity index (χ0n) is 16.6. The Balaban J connectivity index is 0.00000256. The number of nitrogens with two attached hydrogens (primary N) is 1. The summed E-state index contributed by atoms with van der Waals surface area (Å²) < 4.78 is 40.9. The summed E-state index contributed by atoms with van der Waals surface area (Å²) in [5.74, 6) is 0.839. The summed E-state index contributed by atoms with van der Waals surface area (Å²) in [6.45, 7) is 3.47. The van der Waals surface area contributed by atoms with E-state index < -0.39 is 11.7 Å². The van der Waals surface area contributed by atoms with E-state index in [1.54, 1.807) is 6.07 Å². The molecule has 4 rings (SSSR count). The minimum Gasteiger partial charge on any atom is -0.369 e. The maximum atomic E-state index is 13.0. The molecule has 0 spiro atoms. The Labute approximate surface area is 184 Å². The van der Waals surface area contributed by atoms with Crippen molar-refractivity contribution in [2.24, 2.45) is 12.8 Å². The van der Waals surface area contributed by atoms with E-state index in [1.165, 1.54) is 12.1 Å². The van der Waals surface area contributed by atoms with E-state index in [4.69, 9.17) is 5.73 Å². The lowest BCUT2D eigenvalue weighted by molar-refractivity contribution is -0.137. The molecule has 30 heavy (non-hydrogen) atoms. The first-order valence-electron chi connectivity index (χ1n) is 9.64. The number of aromatic nitrogens is 2. The topological polar surface area (TPSA) is 50.3 Å². The van der Waals surface area contributed by atoms with Gasteiger partial charge in [-0.1, -0.05) is 18.2 Å². The molecular weight excluding hydrogens is 459 g/mol. The fraction of sp³-hybridized carbons (Fsp3) is 0.381. The van der Waals surface area contributed by atoms with Crippen LogP contribution in [0.3, 0.4) is 0 Å². The third-order valence-electron chi connectivity index (χ3n) is 5.52. The highest BCUT2D eigenvalue weighted by Crippen LogP contribution is 2.32. The summed E-state index contributed by atoms with van der Waals surface area (Å²) in [5, 5.41) is 0. The van der Waals surface area contributed by atoms with Gasteiger partial charge in [0, 0.05) is 45.5 Å². The second-order valence-corrected chi connectivity index (χ2v) is 7.46. The molecule has 3 aromatic rings. The van der Waals surface area contributed by atoms with Crippen molar-refractivity contribution in [1.29, 1.82) is 0 Å². The van der Waals surface area contributed by atoms with Gasteiger partial charge in [-0.25, -0.2) is 4.98 Å². The average Bonchev–Trinajstić information content (AvgIpc) is 3.05. The number of fused-ring (bicyclic) bond motifs is 1. The molecule has 2 aromatic carbocycles.